The van der Waals surface area contributed by atoms with E-state index in [1.54, 1.807) is 12.1 Å². The van der Waals surface area contributed by atoms with E-state index in [9.17, 15) is 14.7 Å². The van der Waals surface area contributed by atoms with Crippen molar-refractivity contribution in [2.45, 2.75) is 13.2 Å². The van der Waals surface area contributed by atoms with Crippen LogP contribution < -0.4 is 4.90 Å². The summed E-state index contributed by atoms with van der Waals surface area (Å²) in [4.78, 5) is 25.2. The summed E-state index contributed by atoms with van der Waals surface area (Å²) in [5.41, 5.74) is 2.61. The molecule has 1 heterocycles. The van der Waals surface area contributed by atoms with Crippen LogP contribution in [0, 0.1) is 0 Å². The molecule has 0 spiro atoms. The van der Waals surface area contributed by atoms with Crippen molar-refractivity contribution in [2.24, 2.45) is 0 Å². The number of methoxy groups -OCH3 is 2. The highest BCUT2D eigenvalue weighted by molar-refractivity contribution is 6.08. The number of carbonyl (C=O) groups excluding carboxylic acids is 2. The Morgan fingerprint density at radius 1 is 1.00 bits per heavy atom. The van der Waals surface area contributed by atoms with Crippen LogP contribution in [0.5, 0.6) is 0 Å². The van der Waals surface area contributed by atoms with Crippen molar-refractivity contribution in [1.82, 2.24) is 0 Å². The minimum absolute atomic E-state index is 0.296. The number of fused-ring (bicyclic) bond motifs is 1. The fourth-order valence-electron chi connectivity index (χ4n) is 3.16. The molecule has 134 valence electrons. The van der Waals surface area contributed by atoms with Crippen LogP contribution in [0.4, 0.5) is 5.69 Å². The number of esters is 1. The zero-order valence-corrected chi connectivity index (χ0v) is 14.7. The third kappa shape index (κ3) is 2.84. The second-order valence-corrected chi connectivity index (χ2v) is 5.80. The number of nitrogens with zero attached hydrogens (tertiary/aromatic N) is 1. The molecule has 1 N–H and O–H groups in total. The molecule has 1 atom stereocenters. The molecule has 1 unspecified atom stereocenters. The average Bonchev–Trinajstić information content (AvgIpc) is 2.94. The summed E-state index contributed by atoms with van der Waals surface area (Å²) in [7, 11) is 2.80. The van der Waals surface area contributed by atoms with E-state index in [-0.39, 0.29) is 5.91 Å². The van der Waals surface area contributed by atoms with Gasteiger partial charge in [0.25, 0.3) is 0 Å². The van der Waals surface area contributed by atoms with E-state index < -0.39 is 12.2 Å². The third-order valence-corrected chi connectivity index (χ3v) is 4.30. The van der Waals surface area contributed by atoms with Crippen molar-refractivity contribution in [3.8, 4) is 0 Å². The van der Waals surface area contributed by atoms with Gasteiger partial charge >= 0.3 is 5.97 Å². The maximum absolute atomic E-state index is 12.1. The number of ether oxygens (including phenoxy) is 2. The summed E-state index contributed by atoms with van der Waals surface area (Å²) >= 11 is 0. The van der Waals surface area contributed by atoms with Gasteiger partial charge in [0.2, 0.25) is 5.91 Å². The highest BCUT2D eigenvalue weighted by Gasteiger charge is 2.38. The number of hydrogen-bond donors (Lipinski definition) is 1. The van der Waals surface area contributed by atoms with Gasteiger partial charge in [-0.2, -0.15) is 0 Å². The first kappa shape index (κ1) is 17.7. The van der Waals surface area contributed by atoms with E-state index in [0.29, 0.717) is 28.1 Å². The monoisotopic (exact) mass is 353 g/mol. The summed E-state index contributed by atoms with van der Waals surface area (Å²) in [6.45, 7) is 1.36. The van der Waals surface area contributed by atoms with Gasteiger partial charge in [-0.1, -0.05) is 36.4 Å². The molecule has 0 bridgehead atoms. The second kappa shape index (κ2) is 7.01. The van der Waals surface area contributed by atoms with E-state index in [0.717, 1.165) is 5.56 Å². The van der Waals surface area contributed by atoms with Crippen LogP contribution in [-0.4, -0.2) is 37.4 Å². The smallest absolute Gasteiger partial charge is 0.337 e. The lowest BCUT2D eigenvalue weighted by Crippen LogP contribution is -2.35. The lowest BCUT2D eigenvalue weighted by molar-refractivity contribution is -0.117. The van der Waals surface area contributed by atoms with Gasteiger partial charge < -0.3 is 14.6 Å². The first-order valence-corrected chi connectivity index (χ1v) is 8.03. The van der Waals surface area contributed by atoms with Gasteiger partial charge in [0.05, 0.1) is 31.0 Å². The highest BCUT2D eigenvalue weighted by atomic mass is 16.5. The Bertz CT molecular complexity index is 888. The van der Waals surface area contributed by atoms with Gasteiger partial charge in [-0.3, -0.25) is 9.69 Å². The number of rotatable bonds is 3. The third-order valence-electron chi connectivity index (χ3n) is 4.30. The Labute approximate surface area is 151 Å². The van der Waals surface area contributed by atoms with E-state index in [4.69, 9.17) is 9.47 Å². The summed E-state index contributed by atoms with van der Waals surface area (Å²) in [5, 5.41) is 10.8. The van der Waals surface area contributed by atoms with Crippen LogP contribution in [-0.2, 0) is 14.3 Å². The van der Waals surface area contributed by atoms with Crippen molar-refractivity contribution >= 4 is 28.9 Å². The summed E-state index contributed by atoms with van der Waals surface area (Å²) in [6.07, 6.45) is -1.22. The zero-order valence-electron chi connectivity index (χ0n) is 14.7. The molecule has 0 radical (unpaired) electrons. The van der Waals surface area contributed by atoms with Crippen LogP contribution in [0.15, 0.2) is 48.5 Å². The summed E-state index contributed by atoms with van der Waals surface area (Å²) < 4.78 is 10.3. The summed E-state index contributed by atoms with van der Waals surface area (Å²) in [5.74, 6) is -0.397. The molecule has 6 heteroatoms. The molecule has 0 saturated carbocycles. The molecular weight excluding hydrogens is 334 g/mol. The van der Waals surface area contributed by atoms with Gasteiger partial charge in [0.15, 0.2) is 6.23 Å². The number of hydrogen-bond acceptors (Lipinski definition) is 5. The van der Waals surface area contributed by atoms with Gasteiger partial charge in [-0.05, 0) is 12.1 Å². The number of benzene rings is 2. The standard InChI is InChI=1S/C20H19NO5/c1-12(22)21-16-11-14(20(24)26-3)9-10-15(16)17(19(21)23)18(25-2)13-7-5-4-6-8-13/h4-11,19,23H,1-3H3/b18-17+. The molecule has 6 nitrogen and oxygen atoms in total. The number of aliphatic hydroxyl groups excluding tert-OH is 1. The number of carbonyl (C=O) groups is 2. The maximum Gasteiger partial charge on any atom is 0.337 e. The second-order valence-electron chi connectivity index (χ2n) is 5.80. The maximum atomic E-state index is 12.1. The van der Waals surface area contributed by atoms with Crippen molar-refractivity contribution in [3.05, 3.63) is 65.2 Å². The van der Waals surface area contributed by atoms with Gasteiger partial charge in [0.1, 0.15) is 5.76 Å². The minimum Gasteiger partial charge on any atom is -0.496 e. The van der Waals surface area contributed by atoms with Crippen LogP contribution in [0.3, 0.4) is 0 Å². The molecule has 2 aromatic rings. The lowest BCUT2D eigenvalue weighted by atomic mass is 10.00. The lowest BCUT2D eigenvalue weighted by Gasteiger charge is -2.21. The van der Waals surface area contributed by atoms with Gasteiger partial charge in [-0.15, -0.1) is 0 Å². The Morgan fingerprint density at radius 2 is 1.69 bits per heavy atom. The molecule has 0 saturated heterocycles. The number of amides is 1. The van der Waals surface area contributed by atoms with E-state index in [1.165, 1.54) is 32.1 Å². The molecule has 0 fully saturated rings. The number of aliphatic hydroxyl groups is 1. The molecule has 2 aromatic carbocycles. The highest BCUT2D eigenvalue weighted by Crippen LogP contribution is 2.44. The molecule has 1 aliphatic heterocycles. The Hall–Kier alpha value is -3.12. The van der Waals surface area contributed by atoms with E-state index >= 15 is 0 Å². The SMILES string of the molecule is COC(=O)c1ccc2c(c1)N(C(C)=O)C(O)/C2=C(/OC)c1ccccc1. The number of anilines is 1. The quantitative estimate of drug-likeness (QED) is 0.678. The molecule has 1 aliphatic rings. The predicted octanol–water partition coefficient (Wildman–Crippen LogP) is 2.67. The molecule has 0 aromatic heterocycles. The van der Waals surface area contributed by atoms with Gasteiger partial charge in [0, 0.05) is 18.1 Å². The average molecular weight is 353 g/mol. The van der Waals surface area contributed by atoms with Crippen molar-refractivity contribution in [2.75, 3.05) is 19.1 Å². The van der Waals surface area contributed by atoms with Crippen LogP contribution >= 0.6 is 0 Å². The first-order chi connectivity index (χ1) is 12.5. The molecule has 1 amide bonds. The Balaban J connectivity index is 2.25. The Kier molecular flexibility index (Phi) is 4.77. The van der Waals surface area contributed by atoms with E-state index in [2.05, 4.69) is 0 Å². The van der Waals surface area contributed by atoms with Gasteiger partial charge in [-0.25, -0.2) is 4.79 Å². The first-order valence-electron chi connectivity index (χ1n) is 8.03. The fraction of sp³-hybridized carbons (Fsp3) is 0.200. The Morgan fingerprint density at radius 3 is 2.27 bits per heavy atom. The largest absolute Gasteiger partial charge is 0.496 e. The van der Waals surface area contributed by atoms with E-state index in [1.807, 2.05) is 30.3 Å². The molecular formula is C20H19NO5. The van der Waals surface area contributed by atoms with Crippen molar-refractivity contribution < 1.29 is 24.2 Å². The van der Waals surface area contributed by atoms with Crippen molar-refractivity contribution in [3.63, 3.8) is 0 Å². The molecule has 26 heavy (non-hydrogen) atoms. The summed E-state index contributed by atoms with van der Waals surface area (Å²) in [6, 6.07) is 14.1. The van der Waals surface area contributed by atoms with Crippen LogP contribution in [0.25, 0.3) is 11.3 Å². The predicted molar refractivity (Wildman–Crippen MR) is 97.2 cm³/mol. The van der Waals surface area contributed by atoms with Crippen LogP contribution in [0.1, 0.15) is 28.4 Å². The molecule has 3 rings (SSSR count). The van der Waals surface area contributed by atoms with Crippen LogP contribution in [0.2, 0.25) is 0 Å². The topological polar surface area (TPSA) is 76.1 Å². The minimum atomic E-state index is -1.22. The fourth-order valence-corrected chi connectivity index (χ4v) is 3.16. The normalized spacial score (nSPS) is 17.5. The van der Waals surface area contributed by atoms with Crippen molar-refractivity contribution in [1.29, 1.82) is 0 Å². The zero-order chi connectivity index (χ0) is 18.8. The molecule has 0 aliphatic carbocycles.